The molecule has 0 saturated carbocycles. The average molecular weight is 457 g/mol. The number of likely N-dealkylation sites (N-methyl/N-ethyl adjacent to an activating group) is 1. The van der Waals surface area contributed by atoms with Crippen molar-refractivity contribution in [2.24, 2.45) is 0 Å². The Hall–Kier alpha value is -3.56. The number of anilines is 2. The van der Waals surface area contributed by atoms with E-state index in [2.05, 4.69) is 65.3 Å². The summed E-state index contributed by atoms with van der Waals surface area (Å²) in [7, 11) is 2.16. The molecule has 0 aromatic carbocycles. The minimum absolute atomic E-state index is 0.597. The van der Waals surface area contributed by atoms with E-state index in [1.807, 2.05) is 37.1 Å². The molecule has 0 amide bonds. The summed E-state index contributed by atoms with van der Waals surface area (Å²) in [5.41, 5.74) is 3.03. The first-order valence-corrected chi connectivity index (χ1v) is 11.8. The van der Waals surface area contributed by atoms with Crippen LogP contribution in [0.2, 0.25) is 0 Å². The maximum Gasteiger partial charge on any atom is 0.224 e. The molecule has 33 heavy (non-hydrogen) atoms. The van der Waals surface area contributed by atoms with Crippen molar-refractivity contribution in [2.75, 3.05) is 43.4 Å². The molecule has 0 spiro atoms. The van der Waals surface area contributed by atoms with Crippen LogP contribution in [0.5, 0.6) is 0 Å². The zero-order chi connectivity index (χ0) is 22.2. The first-order chi connectivity index (χ1) is 16.2. The minimum Gasteiger partial charge on any atom is -0.354 e. The molecular formula is C24H24N8S. The zero-order valence-corrected chi connectivity index (χ0v) is 19.1. The molecular weight excluding hydrogens is 432 g/mol. The number of nitrogens with one attached hydrogen (secondary N) is 2. The second kappa shape index (κ2) is 8.42. The van der Waals surface area contributed by atoms with E-state index < -0.39 is 0 Å². The second-order valence-electron chi connectivity index (χ2n) is 8.35. The molecule has 6 heterocycles. The molecule has 1 aliphatic heterocycles. The van der Waals surface area contributed by atoms with Gasteiger partial charge in [-0.05, 0) is 30.8 Å². The van der Waals surface area contributed by atoms with E-state index in [9.17, 15) is 0 Å². The summed E-state index contributed by atoms with van der Waals surface area (Å²) in [6.07, 6.45) is 9.54. The predicted octanol–water partition coefficient (Wildman–Crippen LogP) is 3.99. The number of pyridine rings is 2. The van der Waals surface area contributed by atoms with Crippen molar-refractivity contribution in [2.45, 2.75) is 6.54 Å². The lowest BCUT2D eigenvalue weighted by atomic mass is 10.2. The number of nitrogens with zero attached hydrogens (tertiary/aromatic N) is 6. The van der Waals surface area contributed by atoms with E-state index in [1.165, 1.54) is 9.58 Å². The van der Waals surface area contributed by atoms with Gasteiger partial charge >= 0.3 is 0 Å². The largest absolute Gasteiger partial charge is 0.354 e. The quantitative estimate of drug-likeness (QED) is 0.413. The minimum atomic E-state index is 0.597. The van der Waals surface area contributed by atoms with Gasteiger partial charge in [0.05, 0.1) is 0 Å². The van der Waals surface area contributed by atoms with Gasteiger partial charge in [-0.2, -0.15) is 4.98 Å². The molecule has 166 valence electrons. The van der Waals surface area contributed by atoms with E-state index >= 15 is 0 Å². The summed E-state index contributed by atoms with van der Waals surface area (Å²) in [6.45, 7) is 4.81. The number of aromatic amines is 1. The topological polar surface area (TPSA) is 85.9 Å². The number of aromatic nitrogens is 5. The highest BCUT2D eigenvalue weighted by Gasteiger charge is 2.15. The maximum absolute atomic E-state index is 4.67. The molecule has 1 fully saturated rings. The number of rotatable bonds is 5. The molecule has 0 atom stereocenters. The Morgan fingerprint density at radius 1 is 1.06 bits per heavy atom. The highest BCUT2D eigenvalue weighted by molar-refractivity contribution is 7.22. The van der Waals surface area contributed by atoms with Crippen molar-refractivity contribution in [3.63, 3.8) is 0 Å². The number of H-pyrrole nitrogens is 1. The lowest BCUT2D eigenvalue weighted by Crippen LogP contribution is -2.44. The molecule has 1 aliphatic rings. The first kappa shape index (κ1) is 20.1. The van der Waals surface area contributed by atoms with E-state index in [0.29, 0.717) is 12.5 Å². The summed E-state index contributed by atoms with van der Waals surface area (Å²) < 4.78 is 1.22. The average Bonchev–Trinajstić information content (AvgIpc) is 3.47. The van der Waals surface area contributed by atoms with Crippen LogP contribution in [0.3, 0.4) is 0 Å². The fourth-order valence-corrected chi connectivity index (χ4v) is 5.20. The predicted molar refractivity (Wildman–Crippen MR) is 134 cm³/mol. The van der Waals surface area contributed by atoms with Crippen molar-refractivity contribution in [1.29, 1.82) is 0 Å². The Labute approximate surface area is 195 Å². The van der Waals surface area contributed by atoms with Gasteiger partial charge in [-0.3, -0.25) is 4.98 Å². The molecule has 9 heteroatoms. The Bertz CT molecular complexity index is 1370. The number of fused-ring (bicyclic) bond motifs is 2. The van der Waals surface area contributed by atoms with Gasteiger partial charge in [0.2, 0.25) is 5.95 Å². The van der Waals surface area contributed by atoms with Gasteiger partial charge in [-0.15, -0.1) is 11.3 Å². The lowest BCUT2D eigenvalue weighted by Gasteiger charge is -2.33. The van der Waals surface area contributed by atoms with Crippen LogP contribution in [0, 0.1) is 0 Å². The fraction of sp³-hybridized carbons (Fsp3) is 0.250. The molecule has 0 unspecified atom stereocenters. The third-order valence-corrected chi connectivity index (χ3v) is 7.25. The Morgan fingerprint density at radius 2 is 1.97 bits per heavy atom. The van der Waals surface area contributed by atoms with E-state index in [4.69, 9.17) is 0 Å². The van der Waals surface area contributed by atoms with Crippen LogP contribution in [0.4, 0.5) is 11.8 Å². The van der Waals surface area contributed by atoms with Crippen LogP contribution in [0.25, 0.3) is 31.6 Å². The van der Waals surface area contributed by atoms with Crippen molar-refractivity contribution in [1.82, 2.24) is 29.8 Å². The van der Waals surface area contributed by atoms with Crippen LogP contribution in [-0.4, -0.2) is 63.0 Å². The summed E-state index contributed by atoms with van der Waals surface area (Å²) in [5.74, 6) is 1.64. The Kier molecular flexibility index (Phi) is 5.12. The number of thiophene rings is 1. The highest BCUT2D eigenvalue weighted by atomic mass is 32.1. The SMILES string of the molecule is CN1CCN(c2ccc(CNc3ncc4c(-c5cc6cnccc6s5)c[nH]c4n3)cn2)CC1. The van der Waals surface area contributed by atoms with Crippen molar-refractivity contribution in [3.8, 4) is 10.4 Å². The van der Waals surface area contributed by atoms with Crippen LogP contribution in [0.1, 0.15) is 5.56 Å². The van der Waals surface area contributed by atoms with Crippen molar-refractivity contribution < 1.29 is 0 Å². The Balaban J connectivity index is 1.15. The lowest BCUT2D eigenvalue weighted by molar-refractivity contribution is 0.312. The molecule has 0 radical (unpaired) electrons. The molecule has 2 N–H and O–H groups in total. The van der Waals surface area contributed by atoms with Gasteiger partial charge in [0.1, 0.15) is 11.5 Å². The molecule has 6 rings (SSSR count). The molecule has 5 aromatic rings. The number of hydrogen-bond donors (Lipinski definition) is 2. The maximum atomic E-state index is 4.67. The highest BCUT2D eigenvalue weighted by Crippen LogP contribution is 2.36. The molecule has 8 nitrogen and oxygen atoms in total. The molecule has 1 saturated heterocycles. The fourth-order valence-electron chi connectivity index (χ4n) is 4.14. The second-order valence-corrected chi connectivity index (χ2v) is 9.43. The number of piperazine rings is 1. The smallest absolute Gasteiger partial charge is 0.224 e. The van der Waals surface area contributed by atoms with Crippen LogP contribution in [-0.2, 0) is 6.54 Å². The van der Waals surface area contributed by atoms with Gasteiger partial charge in [-0.1, -0.05) is 6.07 Å². The first-order valence-electron chi connectivity index (χ1n) is 11.0. The normalized spacial score (nSPS) is 14.9. The Morgan fingerprint density at radius 3 is 2.79 bits per heavy atom. The zero-order valence-electron chi connectivity index (χ0n) is 18.3. The van der Waals surface area contributed by atoms with E-state index in [-0.39, 0.29) is 0 Å². The van der Waals surface area contributed by atoms with Crippen LogP contribution < -0.4 is 10.2 Å². The van der Waals surface area contributed by atoms with Crippen LogP contribution >= 0.6 is 11.3 Å². The molecule has 5 aromatic heterocycles. The van der Waals surface area contributed by atoms with Crippen LogP contribution in [0.15, 0.2) is 55.2 Å². The third kappa shape index (κ3) is 4.01. The molecule has 0 aliphatic carbocycles. The van der Waals surface area contributed by atoms with Gasteiger partial charge in [0.15, 0.2) is 0 Å². The van der Waals surface area contributed by atoms with Crippen molar-refractivity contribution >= 4 is 44.2 Å². The summed E-state index contributed by atoms with van der Waals surface area (Å²) in [6, 6.07) is 8.43. The summed E-state index contributed by atoms with van der Waals surface area (Å²) in [4.78, 5) is 27.3. The summed E-state index contributed by atoms with van der Waals surface area (Å²) >= 11 is 1.75. The van der Waals surface area contributed by atoms with Gasteiger partial charge < -0.3 is 20.1 Å². The van der Waals surface area contributed by atoms with E-state index in [1.54, 1.807) is 11.3 Å². The summed E-state index contributed by atoms with van der Waals surface area (Å²) in [5, 5.41) is 5.48. The standard InChI is InChI=1S/C24H24N8S/c1-31-6-8-32(9-7-31)22-3-2-16(11-26-22)12-28-24-29-15-19-18(14-27-23(19)30-24)21-10-17-13-25-5-4-20(17)33-21/h2-5,10-11,13-15H,6-9,12H2,1H3,(H2,27,28,29,30). The van der Waals surface area contributed by atoms with Gasteiger partial charge in [0, 0.05) is 89.6 Å². The number of hydrogen-bond acceptors (Lipinski definition) is 8. The van der Waals surface area contributed by atoms with Gasteiger partial charge in [0.25, 0.3) is 0 Å². The molecule has 0 bridgehead atoms. The van der Waals surface area contributed by atoms with Gasteiger partial charge in [-0.25, -0.2) is 9.97 Å². The third-order valence-electron chi connectivity index (χ3n) is 6.10. The van der Waals surface area contributed by atoms with Crippen molar-refractivity contribution in [3.05, 3.63) is 60.8 Å². The monoisotopic (exact) mass is 456 g/mol. The van der Waals surface area contributed by atoms with E-state index in [0.717, 1.165) is 59.5 Å².